The van der Waals surface area contributed by atoms with E-state index in [1.165, 1.54) is 25.6 Å². The number of thiophene rings is 1. The minimum Gasteiger partial charge on any atom is -0.497 e. The average molecular weight is 346 g/mol. The molecule has 0 spiro atoms. The van der Waals surface area contributed by atoms with E-state index in [-0.39, 0.29) is 18.1 Å². The van der Waals surface area contributed by atoms with Crippen LogP contribution in [0.5, 0.6) is 11.5 Å². The molecule has 3 rings (SSSR count). The van der Waals surface area contributed by atoms with Crippen molar-refractivity contribution in [3.05, 3.63) is 47.2 Å². The molecule has 24 heavy (non-hydrogen) atoms. The fraction of sp³-hybridized carbons (Fsp3) is 0.188. The summed E-state index contributed by atoms with van der Waals surface area (Å²) in [5, 5.41) is 5.78. The molecule has 1 aromatic carbocycles. The number of hydrogen-bond acceptors (Lipinski definition) is 8. The first kappa shape index (κ1) is 16.0. The van der Waals surface area contributed by atoms with Gasteiger partial charge in [0.05, 0.1) is 19.1 Å². The Labute approximate surface area is 141 Å². The largest absolute Gasteiger partial charge is 0.497 e. The number of hydrogen-bond donors (Lipinski definition) is 0. The fourth-order valence-corrected chi connectivity index (χ4v) is 2.64. The van der Waals surface area contributed by atoms with E-state index in [9.17, 15) is 4.79 Å². The quantitative estimate of drug-likeness (QED) is 0.634. The molecule has 2 aromatic heterocycles. The Bertz CT molecular complexity index is 829. The lowest BCUT2D eigenvalue weighted by Gasteiger charge is -2.09. The van der Waals surface area contributed by atoms with E-state index >= 15 is 0 Å². The molecule has 8 heteroatoms. The van der Waals surface area contributed by atoms with E-state index in [1.54, 1.807) is 18.2 Å². The second-order valence-electron chi connectivity index (χ2n) is 4.63. The van der Waals surface area contributed by atoms with Crippen molar-refractivity contribution < 1.29 is 23.5 Å². The van der Waals surface area contributed by atoms with Crippen LogP contribution in [-0.2, 0) is 11.3 Å². The van der Waals surface area contributed by atoms with Crippen LogP contribution in [0, 0.1) is 0 Å². The minimum absolute atomic E-state index is 0.119. The first-order valence-electron chi connectivity index (χ1n) is 6.97. The number of aromatic nitrogens is 2. The molecule has 0 atom stereocenters. The van der Waals surface area contributed by atoms with Gasteiger partial charge >= 0.3 is 5.97 Å². The molecule has 0 aliphatic rings. The second kappa shape index (κ2) is 7.14. The maximum atomic E-state index is 12.2. The summed E-state index contributed by atoms with van der Waals surface area (Å²) < 4.78 is 20.6. The average Bonchev–Trinajstić information content (AvgIpc) is 3.30. The lowest BCUT2D eigenvalue weighted by atomic mass is 10.2. The molecule has 0 saturated carbocycles. The fourth-order valence-electron chi connectivity index (χ4n) is 1.99. The Morgan fingerprint density at radius 1 is 1.25 bits per heavy atom. The maximum absolute atomic E-state index is 12.2. The van der Waals surface area contributed by atoms with Gasteiger partial charge in [-0.15, -0.1) is 11.3 Å². The molecule has 0 saturated heterocycles. The van der Waals surface area contributed by atoms with Gasteiger partial charge in [0, 0.05) is 6.07 Å². The van der Waals surface area contributed by atoms with Gasteiger partial charge < -0.3 is 18.7 Å². The molecule has 0 fully saturated rings. The van der Waals surface area contributed by atoms with Gasteiger partial charge in [0.1, 0.15) is 17.1 Å². The second-order valence-corrected chi connectivity index (χ2v) is 5.58. The Morgan fingerprint density at radius 2 is 2.12 bits per heavy atom. The van der Waals surface area contributed by atoms with Crippen molar-refractivity contribution >= 4 is 17.3 Å². The van der Waals surface area contributed by atoms with Gasteiger partial charge in [-0.2, -0.15) is 4.98 Å². The molecule has 124 valence electrons. The van der Waals surface area contributed by atoms with E-state index in [1.807, 2.05) is 17.5 Å². The van der Waals surface area contributed by atoms with Gasteiger partial charge in [-0.3, -0.25) is 0 Å². The number of carbonyl (C=O) groups is 1. The Balaban J connectivity index is 1.67. The lowest BCUT2D eigenvalue weighted by Crippen LogP contribution is -2.07. The summed E-state index contributed by atoms with van der Waals surface area (Å²) in [6, 6.07) is 8.61. The topological polar surface area (TPSA) is 83.7 Å². The summed E-state index contributed by atoms with van der Waals surface area (Å²) >= 11 is 1.50. The zero-order valence-corrected chi connectivity index (χ0v) is 13.8. The predicted octanol–water partition coefficient (Wildman–Crippen LogP) is 3.17. The van der Waals surface area contributed by atoms with Gasteiger partial charge in [0.25, 0.3) is 5.89 Å². The number of esters is 1. The van der Waals surface area contributed by atoms with Crippen molar-refractivity contribution in [2.75, 3.05) is 14.2 Å². The molecule has 0 aliphatic carbocycles. The van der Waals surface area contributed by atoms with Crippen molar-refractivity contribution in [2.45, 2.75) is 6.61 Å². The normalized spacial score (nSPS) is 10.4. The van der Waals surface area contributed by atoms with Crippen LogP contribution in [0.25, 0.3) is 10.7 Å². The van der Waals surface area contributed by atoms with Crippen LogP contribution in [0.15, 0.2) is 40.2 Å². The Hall–Kier alpha value is -2.87. The number of methoxy groups -OCH3 is 2. The summed E-state index contributed by atoms with van der Waals surface area (Å²) in [5.74, 6) is 1.09. The molecule has 0 radical (unpaired) electrons. The first-order chi connectivity index (χ1) is 11.7. The third kappa shape index (κ3) is 3.38. The zero-order chi connectivity index (χ0) is 16.9. The number of rotatable bonds is 6. The van der Waals surface area contributed by atoms with Gasteiger partial charge in [-0.25, -0.2) is 4.79 Å². The summed E-state index contributed by atoms with van der Waals surface area (Å²) in [6.45, 7) is -0.119. The molecule has 0 unspecified atom stereocenters. The molecule has 2 heterocycles. The first-order valence-corrected chi connectivity index (χ1v) is 7.85. The molecule has 3 aromatic rings. The van der Waals surface area contributed by atoms with Crippen molar-refractivity contribution in [1.82, 2.24) is 10.1 Å². The zero-order valence-electron chi connectivity index (χ0n) is 13.0. The number of ether oxygens (including phenoxy) is 3. The highest BCUT2D eigenvalue weighted by atomic mass is 32.1. The smallest absolute Gasteiger partial charge is 0.342 e. The van der Waals surface area contributed by atoms with Crippen LogP contribution in [-0.4, -0.2) is 30.3 Å². The Morgan fingerprint density at radius 3 is 2.83 bits per heavy atom. The molecule has 0 bridgehead atoms. The minimum atomic E-state index is -0.551. The van der Waals surface area contributed by atoms with Crippen LogP contribution in [0.4, 0.5) is 0 Å². The lowest BCUT2D eigenvalue weighted by molar-refractivity contribution is 0.0426. The highest BCUT2D eigenvalue weighted by Crippen LogP contribution is 2.26. The summed E-state index contributed by atoms with van der Waals surface area (Å²) in [4.78, 5) is 17.3. The van der Waals surface area contributed by atoms with Gasteiger partial charge in [-0.05, 0) is 23.6 Å². The monoisotopic (exact) mass is 346 g/mol. The van der Waals surface area contributed by atoms with E-state index in [2.05, 4.69) is 10.1 Å². The highest BCUT2D eigenvalue weighted by Gasteiger charge is 2.17. The van der Waals surface area contributed by atoms with Crippen molar-refractivity contribution in [2.24, 2.45) is 0 Å². The molecular weight excluding hydrogens is 332 g/mol. The molecular formula is C16H14N2O5S. The predicted molar refractivity (Wildman–Crippen MR) is 86.3 cm³/mol. The molecule has 0 aliphatic heterocycles. The van der Waals surface area contributed by atoms with Crippen LogP contribution in [0.3, 0.4) is 0 Å². The standard InChI is InChI=1S/C16H14N2O5S/c1-20-10-5-6-11(12(8-10)21-2)16(19)22-9-14-17-15(18-23-14)13-4-3-7-24-13/h3-8H,9H2,1-2H3. The van der Waals surface area contributed by atoms with Crippen LogP contribution >= 0.6 is 11.3 Å². The van der Waals surface area contributed by atoms with Crippen molar-refractivity contribution in [3.63, 3.8) is 0 Å². The van der Waals surface area contributed by atoms with E-state index in [0.717, 1.165) is 4.88 Å². The van der Waals surface area contributed by atoms with Gasteiger partial charge in [-0.1, -0.05) is 11.2 Å². The van der Waals surface area contributed by atoms with E-state index in [0.29, 0.717) is 17.3 Å². The van der Waals surface area contributed by atoms with Crippen LogP contribution in [0.2, 0.25) is 0 Å². The Kier molecular flexibility index (Phi) is 4.76. The molecule has 7 nitrogen and oxygen atoms in total. The number of carbonyl (C=O) groups excluding carboxylic acids is 1. The number of benzene rings is 1. The van der Waals surface area contributed by atoms with E-state index in [4.69, 9.17) is 18.7 Å². The maximum Gasteiger partial charge on any atom is 0.342 e. The third-order valence-corrected chi connectivity index (χ3v) is 4.03. The van der Waals surface area contributed by atoms with Gasteiger partial charge in [0.2, 0.25) is 5.82 Å². The van der Waals surface area contributed by atoms with Crippen molar-refractivity contribution in [1.29, 1.82) is 0 Å². The SMILES string of the molecule is COc1ccc(C(=O)OCc2nc(-c3cccs3)no2)c(OC)c1. The summed E-state index contributed by atoms with van der Waals surface area (Å²) in [6.07, 6.45) is 0. The van der Waals surface area contributed by atoms with Crippen molar-refractivity contribution in [3.8, 4) is 22.2 Å². The van der Waals surface area contributed by atoms with Gasteiger partial charge in [0.15, 0.2) is 6.61 Å². The van der Waals surface area contributed by atoms with Crippen LogP contribution in [0.1, 0.15) is 16.2 Å². The summed E-state index contributed by atoms with van der Waals surface area (Å²) in [7, 11) is 3.00. The summed E-state index contributed by atoms with van der Waals surface area (Å²) in [5.41, 5.74) is 0.288. The highest BCUT2D eigenvalue weighted by molar-refractivity contribution is 7.13. The van der Waals surface area contributed by atoms with Crippen LogP contribution < -0.4 is 9.47 Å². The van der Waals surface area contributed by atoms with E-state index < -0.39 is 5.97 Å². The third-order valence-electron chi connectivity index (χ3n) is 3.16. The number of nitrogens with zero attached hydrogens (tertiary/aromatic N) is 2. The molecule has 0 amide bonds. The molecule has 0 N–H and O–H groups in total.